The van der Waals surface area contributed by atoms with E-state index in [0.29, 0.717) is 12.2 Å². The van der Waals surface area contributed by atoms with Gasteiger partial charge in [0.1, 0.15) is 8.07 Å². The highest BCUT2D eigenvalue weighted by atomic mass is 28.3. The maximum absolute atomic E-state index is 12.1. The van der Waals surface area contributed by atoms with Gasteiger partial charge >= 0.3 is 5.97 Å². The van der Waals surface area contributed by atoms with Crippen LogP contribution in [0.2, 0.25) is 12.1 Å². The Hall–Kier alpha value is -1.39. The molecule has 0 heterocycles. The van der Waals surface area contributed by atoms with Gasteiger partial charge in [-0.25, -0.2) is 4.79 Å². The fraction of sp³-hybridized carbons (Fsp3) is 0.545. The van der Waals surface area contributed by atoms with E-state index in [-0.39, 0.29) is 0 Å². The average molecular weight is 376 g/mol. The van der Waals surface area contributed by atoms with Crippen molar-refractivity contribution in [2.45, 2.75) is 70.9 Å². The van der Waals surface area contributed by atoms with Crippen LogP contribution in [0, 0.1) is 6.92 Å². The molecule has 26 heavy (non-hydrogen) atoms. The molecule has 1 rings (SSSR count). The van der Waals surface area contributed by atoms with Gasteiger partial charge in [0, 0.05) is 0 Å². The van der Waals surface area contributed by atoms with Crippen molar-refractivity contribution in [2.75, 3.05) is 6.61 Å². The Balaban J connectivity index is 2.34. The van der Waals surface area contributed by atoms with E-state index in [4.69, 9.17) is 9.78 Å². The first-order valence-corrected chi connectivity index (χ1v) is 12.5. The fourth-order valence-electron chi connectivity index (χ4n) is 3.19. The minimum Gasteiger partial charge on any atom is -0.293 e. The third-order valence-corrected chi connectivity index (χ3v) is 10.00. The topological polar surface area (TPSA) is 35.5 Å². The number of carbonyl (C=O) groups excluding carboxylic acids is 1. The van der Waals surface area contributed by atoms with Gasteiger partial charge in [0.05, 0.1) is 12.2 Å². The molecule has 4 heteroatoms. The minimum absolute atomic E-state index is 0.425. The Morgan fingerprint density at radius 3 is 2.12 bits per heavy atom. The van der Waals surface area contributed by atoms with E-state index in [2.05, 4.69) is 33.0 Å². The smallest absolute Gasteiger partial charge is 0.293 e. The molecule has 145 valence electrons. The number of carbonyl (C=O) groups is 1. The summed E-state index contributed by atoms with van der Waals surface area (Å²) in [5.74, 6) is -0.425. The molecule has 0 amide bonds. The molecule has 3 nitrogen and oxygen atoms in total. The normalized spacial score (nSPS) is 11.3. The highest BCUT2D eigenvalue weighted by Crippen LogP contribution is 2.17. The molecule has 0 aliphatic heterocycles. The van der Waals surface area contributed by atoms with Crippen LogP contribution < -0.4 is 5.19 Å². The zero-order valence-electron chi connectivity index (χ0n) is 16.6. The molecule has 0 saturated heterocycles. The molecule has 0 fully saturated rings. The highest BCUT2D eigenvalue weighted by molar-refractivity contribution is 6.95. The maximum atomic E-state index is 12.1. The van der Waals surface area contributed by atoms with Crippen LogP contribution in [0.3, 0.4) is 0 Å². The number of hydrogen-bond acceptors (Lipinski definition) is 3. The van der Waals surface area contributed by atoms with Crippen molar-refractivity contribution >= 4 is 19.2 Å². The average Bonchev–Trinajstić information content (AvgIpc) is 2.69. The van der Waals surface area contributed by atoms with Gasteiger partial charge < -0.3 is 0 Å². The maximum Gasteiger partial charge on any atom is 0.373 e. The molecule has 0 bridgehead atoms. The molecular weight excluding hydrogens is 340 g/mol. The lowest BCUT2D eigenvalue weighted by molar-refractivity contribution is -0.241. The van der Waals surface area contributed by atoms with Crippen LogP contribution in [0.1, 0.15) is 69.2 Å². The predicted molar refractivity (Wildman–Crippen MR) is 112 cm³/mol. The van der Waals surface area contributed by atoms with E-state index in [1.165, 1.54) is 30.9 Å². The van der Waals surface area contributed by atoms with Gasteiger partial charge in [-0.15, -0.1) is 6.58 Å². The summed E-state index contributed by atoms with van der Waals surface area (Å²) in [6.07, 6.45) is 7.94. The fourth-order valence-corrected chi connectivity index (χ4v) is 6.15. The molecule has 1 aromatic rings. The quantitative estimate of drug-likeness (QED) is 0.179. The first kappa shape index (κ1) is 22.6. The molecule has 0 aliphatic rings. The van der Waals surface area contributed by atoms with Crippen LogP contribution in [-0.4, -0.2) is 20.7 Å². The Morgan fingerprint density at radius 2 is 1.58 bits per heavy atom. The first-order chi connectivity index (χ1) is 12.6. The first-order valence-electron chi connectivity index (χ1n) is 10.0. The number of benzene rings is 1. The third-order valence-electron chi connectivity index (χ3n) is 5.21. The van der Waals surface area contributed by atoms with Gasteiger partial charge in [0.2, 0.25) is 0 Å². The monoisotopic (exact) mass is 375 g/mol. The summed E-state index contributed by atoms with van der Waals surface area (Å²) in [7, 11) is -1.63. The molecule has 0 aliphatic carbocycles. The standard InChI is InChI=1S/C22H35O3Si/c1-5-9-10-11-12-13-14-19-24-25-22(23)20-15-17-21(18-16-20)26(6-2,7-3)8-4/h6,15-18H,1-2,5,7-14,19H2,3-4H3. The molecule has 0 spiro atoms. The predicted octanol–water partition coefficient (Wildman–Crippen LogP) is 5.76. The summed E-state index contributed by atoms with van der Waals surface area (Å²) in [5, 5.41) is 1.31. The molecule has 0 saturated carbocycles. The van der Waals surface area contributed by atoms with Crippen molar-refractivity contribution in [1.29, 1.82) is 0 Å². The van der Waals surface area contributed by atoms with E-state index < -0.39 is 14.0 Å². The van der Waals surface area contributed by atoms with E-state index in [1.54, 1.807) is 0 Å². The lowest BCUT2D eigenvalue weighted by Crippen LogP contribution is -2.44. The van der Waals surface area contributed by atoms with Gasteiger partial charge in [0.25, 0.3) is 0 Å². The van der Waals surface area contributed by atoms with Gasteiger partial charge in [-0.05, 0) is 18.6 Å². The van der Waals surface area contributed by atoms with Crippen LogP contribution in [0.15, 0.2) is 36.5 Å². The molecule has 0 N–H and O–H groups in total. The second kappa shape index (κ2) is 12.9. The van der Waals surface area contributed by atoms with E-state index in [9.17, 15) is 4.79 Å². The van der Waals surface area contributed by atoms with Crippen LogP contribution in [0.5, 0.6) is 0 Å². The van der Waals surface area contributed by atoms with Crippen LogP contribution in [-0.2, 0) is 9.78 Å². The molecule has 1 radical (unpaired) electrons. The van der Waals surface area contributed by atoms with Gasteiger partial charge in [-0.1, -0.05) is 94.4 Å². The lowest BCUT2D eigenvalue weighted by Gasteiger charge is -2.25. The second-order valence-corrected chi connectivity index (χ2v) is 11.5. The Morgan fingerprint density at radius 1 is 1.00 bits per heavy atom. The van der Waals surface area contributed by atoms with Crippen molar-refractivity contribution in [1.82, 2.24) is 0 Å². The third kappa shape index (κ3) is 7.08. The van der Waals surface area contributed by atoms with E-state index in [0.717, 1.165) is 31.4 Å². The SMILES string of the molecule is [CH2]CCCCCCCCOOC(=O)c1ccc([Si](C=C)(CC)CC)cc1. The molecular formula is C22H35O3Si. The Labute approximate surface area is 160 Å². The minimum atomic E-state index is -1.63. The van der Waals surface area contributed by atoms with E-state index >= 15 is 0 Å². The Bertz CT molecular complexity index is 521. The van der Waals surface area contributed by atoms with Crippen molar-refractivity contribution in [3.63, 3.8) is 0 Å². The van der Waals surface area contributed by atoms with Crippen molar-refractivity contribution in [3.8, 4) is 0 Å². The Kier molecular flexibility index (Phi) is 11.2. The van der Waals surface area contributed by atoms with Crippen molar-refractivity contribution < 1.29 is 14.6 Å². The van der Waals surface area contributed by atoms with Gasteiger partial charge in [-0.3, -0.25) is 4.89 Å². The molecule has 1 aromatic carbocycles. The summed E-state index contributed by atoms with van der Waals surface area (Å²) < 4.78 is 0. The highest BCUT2D eigenvalue weighted by Gasteiger charge is 2.27. The zero-order chi connectivity index (χ0) is 19.3. The van der Waals surface area contributed by atoms with Crippen LogP contribution >= 0.6 is 0 Å². The molecule has 0 unspecified atom stereocenters. The van der Waals surface area contributed by atoms with Crippen LogP contribution in [0.4, 0.5) is 0 Å². The second-order valence-electron chi connectivity index (χ2n) is 6.81. The van der Waals surface area contributed by atoms with Crippen molar-refractivity contribution in [2.24, 2.45) is 0 Å². The summed E-state index contributed by atoms with van der Waals surface area (Å²) >= 11 is 0. The molecule has 0 atom stereocenters. The summed E-state index contributed by atoms with van der Waals surface area (Å²) in [4.78, 5) is 22.1. The summed E-state index contributed by atoms with van der Waals surface area (Å²) in [6, 6.07) is 10.00. The number of hydrogen-bond donors (Lipinski definition) is 0. The van der Waals surface area contributed by atoms with Gasteiger partial charge in [-0.2, -0.15) is 4.89 Å². The zero-order valence-corrected chi connectivity index (χ0v) is 17.6. The summed E-state index contributed by atoms with van der Waals surface area (Å²) in [5.41, 5.74) is 2.67. The van der Waals surface area contributed by atoms with Crippen molar-refractivity contribution in [3.05, 3.63) is 49.0 Å². The lowest BCUT2D eigenvalue weighted by atomic mass is 10.1. The number of rotatable bonds is 14. The molecule has 0 aromatic heterocycles. The summed E-state index contributed by atoms with van der Waals surface area (Å²) in [6.45, 7) is 12.8. The largest absolute Gasteiger partial charge is 0.373 e. The number of unbranched alkanes of at least 4 members (excludes halogenated alkanes) is 6. The van der Waals surface area contributed by atoms with Crippen LogP contribution in [0.25, 0.3) is 0 Å². The van der Waals surface area contributed by atoms with Gasteiger partial charge in [0.15, 0.2) is 0 Å². The van der Waals surface area contributed by atoms with E-state index in [1.807, 2.05) is 24.3 Å².